The number of benzene rings is 1. The lowest BCUT2D eigenvalue weighted by Gasteiger charge is -2.36. The van der Waals surface area contributed by atoms with Gasteiger partial charge < -0.3 is 0 Å². The van der Waals surface area contributed by atoms with Crippen LogP contribution in [-0.2, 0) is 5.41 Å². The Kier molecular flexibility index (Phi) is 9.31. The van der Waals surface area contributed by atoms with E-state index in [0.717, 1.165) is 0 Å². The van der Waals surface area contributed by atoms with E-state index >= 15 is 0 Å². The van der Waals surface area contributed by atoms with Crippen molar-refractivity contribution in [2.75, 3.05) is 0 Å². The smallest absolute Gasteiger partial charge is 0.0352 e. The van der Waals surface area contributed by atoms with Crippen LogP contribution in [0.1, 0.15) is 121 Å². The molecular formula is C28H42S. The number of fused-ring (bicyclic) bond motifs is 3. The van der Waals surface area contributed by atoms with Gasteiger partial charge in [0.15, 0.2) is 0 Å². The first-order valence-electron chi connectivity index (χ1n) is 12.5. The first kappa shape index (κ1) is 22.6. The maximum atomic E-state index is 2.49. The molecule has 0 atom stereocenters. The monoisotopic (exact) mass is 410 g/mol. The molecule has 160 valence electrons. The van der Waals surface area contributed by atoms with Gasteiger partial charge in [-0.3, -0.25) is 0 Å². The lowest BCUT2D eigenvalue weighted by Crippen LogP contribution is -2.28. The maximum absolute atomic E-state index is 2.49. The Hall–Kier alpha value is -1.08. The molecule has 1 aromatic carbocycles. The van der Waals surface area contributed by atoms with Crippen LogP contribution < -0.4 is 0 Å². The number of rotatable bonds is 14. The number of thiophene rings is 1. The number of allylic oxidation sites excluding steroid dienone is 1. The molecule has 0 fully saturated rings. The van der Waals surface area contributed by atoms with Gasteiger partial charge in [0, 0.05) is 15.0 Å². The molecule has 29 heavy (non-hydrogen) atoms. The van der Waals surface area contributed by atoms with Crippen LogP contribution in [0.25, 0.3) is 16.2 Å². The zero-order chi connectivity index (χ0) is 20.4. The third-order valence-corrected chi connectivity index (χ3v) is 8.08. The SMILES string of the molecule is CCCCCCCCC1(CCCCCCCC)CC=Cc2sc3ccccc3c21. The zero-order valence-electron chi connectivity index (χ0n) is 19.0. The minimum atomic E-state index is 0.388. The molecule has 0 N–H and O–H groups in total. The molecule has 0 saturated carbocycles. The van der Waals surface area contributed by atoms with Crippen molar-refractivity contribution < 1.29 is 0 Å². The second kappa shape index (κ2) is 11.9. The fourth-order valence-electron chi connectivity index (χ4n) is 5.29. The molecule has 0 spiro atoms. The van der Waals surface area contributed by atoms with Gasteiger partial charge in [0.25, 0.3) is 0 Å². The zero-order valence-corrected chi connectivity index (χ0v) is 19.8. The van der Waals surface area contributed by atoms with Crippen molar-refractivity contribution in [2.24, 2.45) is 0 Å². The second-order valence-corrected chi connectivity index (χ2v) is 10.3. The van der Waals surface area contributed by atoms with Gasteiger partial charge in [0.2, 0.25) is 0 Å². The molecule has 3 rings (SSSR count). The summed E-state index contributed by atoms with van der Waals surface area (Å²) in [5.41, 5.74) is 2.10. The Labute approximate surface area is 183 Å². The van der Waals surface area contributed by atoms with Gasteiger partial charge in [-0.15, -0.1) is 11.3 Å². The molecule has 0 aliphatic heterocycles. The highest BCUT2D eigenvalue weighted by Crippen LogP contribution is 2.50. The van der Waals surface area contributed by atoms with E-state index < -0.39 is 0 Å². The van der Waals surface area contributed by atoms with Gasteiger partial charge in [-0.05, 0) is 42.4 Å². The summed E-state index contributed by atoms with van der Waals surface area (Å²) in [6.07, 6.45) is 25.8. The van der Waals surface area contributed by atoms with E-state index in [1.807, 2.05) is 11.3 Å². The molecule has 0 unspecified atom stereocenters. The van der Waals surface area contributed by atoms with Crippen molar-refractivity contribution in [3.8, 4) is 0 Å². The fraction of sp³-hybridized carbons (Fsp3) is 0.643. The van der Waals surface area contributed by atoms with Crippen molar-refractivity contribution in [1.29, 1.82) is 0 Å². The van der Waals surface area contributed by atoms with Crippen LogP contribution in [0.2, 0.25) is 0 Å². The van der Waals surface area contributed by atoms with Crippen LogP contribution in [0.15, 0.2) is 30.3 Å². The summed E-state index contributed by atoms with van der Waals surface area (Å²) in [5, 5.41) is 1.55. The lowest BCUT2D eigenvalue weighted by molar-refractivity contribution is 0.335. The van der Waals surface area contributed by atoms with Gasteiger partial charge in [0.1, 0.15) is 0 Å². The van der Waals surface area contributed by atoms with Crippen LogP contribution in [0.5, 0.6) is 0 Å². The summed E-state index contributed by atoms with van der Waals surface area (Å²) in [6.45, 7) is 4.63. The standard InChI is InChI=1S/C28H42S/c1-3-5-7-9-11-15-21-28(22-16-12-10-8-6-4-2)23-17-20-26-27(28)24-18-13-14-19-25(24)29-26/h13-14,17-20H,3-12,15-16,21-23H2,1-2H3. The van der Waals surface area contributed by atoms with Gasteiger partial charge in [-0.25, -0.2) is 0 Å². The molecule has 2 aromatic rings. The summed E-state index contributed by atoms with van der Waals surface area (Å²) >= 11 is 2.02. The average Bonchev–Trinajstić information content (AvgIpc) is 3.13. The Bertz CT molecular complexity index is 735. The third kappa shape index (κ3) is 5.97. The molecule has 0 nitrogen and oxygen atoms in total. The predicted octanol–water partition coefficient (Wildman–Crippen LogP) is 10.1. The Balaban J connectivity index is 1.72. The number of hydrogen-bond acceptors (Lipinski definition) is 1. The quantitative estimate of drug-likeness (QED) is 0.272. The van der Waals surface area contributed by atoms with Gasteiger partial charge in [-0.1, -0.05) is 115 Å². The second-order valence-electron chi connectivity index (χ2n) is 9.26. The normalized spacial score (nSPS) is 15.1. The van der Waals surface area contributed by atoms with Crippen molar-refractivity contribution >= 4 is 27.5 Å². The summed E-state index contributed by atoms with van der Waals surface area (Å²) in [4.78, 5) is 1.55. The van der Waals surface area contributed by atoms with E-state index in [9.17, 15) is 0 Å². The van der Waals surface area contributed by atoms with Gasteiger partial charge in [-0.2, -0.15) is 0 Å². The summed E-state index contributed by atoms with van der Waals surface area (Å²) in [7, 11) is 0. The van der Waals surface area contributed by atoms with Crippen LogP contribution in [0, 0.1) is 0 Å². The highest BCUT2D eigenvalue weighted by molar-refractivity contribution is 7.20. The minimum Gasteiger partial charge on any atom is -0.136 e. The first-order chi connectivity index (χ1) is 14.3. The van der Waals surface area contributed by atoms with Crippen molar-refractivity contribution in [1.82, 2.24) is 0 Å². The molecule has 0 bridgehead atoms. The van der Waals surface area contributed by atoms with Crippen LogP contribution in [0.3, 0.4) is 0 Å². The summed E-state index contributed by atoms with van der Waals surface area (Å²) in [6, 6.07) is 9.17. The number of hydrogen-bond donors (Lipinski definition) is 0. The molecule has 1 aromatic heterocycles. The van der Waals surface area contributed by atoms with Crippen molar-refractivity contribution in [3.63, 3.8) is 0 Å². The highest BCUT2D eigenvalue weighted by Gasteiger charge is 2.36. The molecule has 0 saturated heterocycles. The van der Waals surface area contributed by atoms with Gasteiger partial charge in [0.05, 0.1) is 0 Å². The van der Waals surface area contributed by atoms with E-state index in [1.54, 1.807) is 15.8 Å². The molecule has 0 radical (unpaired) electrons. The molecule has 1 heteroatoms. The van der Waals surface area contributed by atoms with Crippen LogP contribution in [-0.4, -0.2) is 0 Å². The van der Waals surface area contributed by atoms with Gasteiger partial charge >= 0.3 is 0 Å². The maximum Gasteiger partial charge on any atom is 0.0352 e. The van der Waals surface area contributed by atoms with Crippen molar-refractivity contribution in [3.05, 3.63) is 40.8 Å². The Morgan fingerprint density at radius 2 is 1.34 bits per heavy atom. The van der Waals surface area contributed by atoms with E-state index in [2.05, 4.69) is 50.3 Å². The average molecular weight is 411 g/mol. The van der Waals surface area contributed by atoms with E-state index in [-0.39, 0.29) is 0 Å². The largest absolute Gasteiger partial charge is 0.136 e. The predicted molar refractivity (Wildman–Crippen MR) is 133 cm³/mol. The number of unbranched alkanes of at least 4 members (excludes halogenated alkanes) is 10. The molecule has 1 heterocycles. The van der Waals surface area contributed by atoms with E-state index in [0.29, 0.717) is 5.41 Å². The highest BCUT2D eigenvalue weighted by atomic mass is 32.1. The molecule has 1 aliphatic rings. The third-order valence-electron chi connectivity index (χ3n) is 6.95. The van der Waals surface area contributed by atoms with E-state index in [1.165, 1.54) is 101 Å². The Morgan fingerprint density at radius 1 is 0.759 bits per heavy atom. The van der Waals surface area contributed by atoms with Crippen LogP contribution >= 0.6 is 11.3 Å². The minimum absolute atomic E-state index is 0.388. The molecular weight excluding hydrogens is 368 g/mol. The van der Waals surface area contributed by atoms with Crippen LogP contribution in [0.4, 0.5) is 0 Å². The summed E-state index contributed by atoms with van der Waals surface area (Å²) in [5.74, 6) is 0. The topological polar surface area (TPSA) is 0 Å². The lowest BCUT2D eigenvalue weighted by atomic mass is 9.67. The van der Waals surface area contributed by atoms with E-state index in [4.69, 9.17) is 0 Å². The molecule has 1 aliphatic carbocycles. The fourth-order valence-corrected chi connectivity index (χ4v) is 6.55. The molecule has 0 amide bonds. The Morgan fingerprint density at radius 3 is 2.00 bits per heavy atom. The first-order valence-corrected chi connectivity index (χ1v) is 13.3. The van der Waals surface area contributed by atoms with Crippen molar-refractivity contribution in [2.45, 2.75) is 116 Å². The summed E-state index contributed by atoms with van der Waals surface area (Å²) < 4.78 is 1.49.